The van der Waals surface area contributed by atoms with Crippen molar-refractivity contribution < 1.29 is 47.3 Å². The van der Waals surface area contributed by atoms with Crippen molar-refractivity contribution in [2.75, 3.05) is 12.4 Å². The van der Waals surface area contributed by atoms with Crippen molar-refractivity contribution in [2.24, 2.45) is 0 Å². The second kappa shape index (κ2) is 16.6. The van der Waals surface area contributed by atoms with Crippen molar-refractivity contribution in [3.8, 4) is 11.5 Å². The molecule has 0 radical (unpaired) electrons. The molecule has 0 bridgehead atoms. The minimum Gasteiger partial charge on any atom is -0.478 e. The third kappa shape index (κ3) is 8.69. The SMILES string of the molecule is CNC(=O)Nc1ccc(S(=O)(=O)NC(=O)c2cc(C(=O)O)c(C(=O)N(Cc3cccc(Oc4ccccc4)c3)[C@H]3CCCc4ccccc43)cc2C(=O)O)cc1. The topological polar surface area (TPSA) is 209 Å². The number of urea groups is 1. The summed E-state index contributed by atoms with van der Waals surface area (Å²) in [6, 6.07) is 28.9. The van der Waals surface area contributed by atoms with Crippen LogP contribution >= 0.6 is 0 Å². The molecule has 1 atom stereocenters. The lowest BCUT2D eigenvalue weighted by molar-refractivity contribution is 0.0614. The van der Waals surface area contributed by atoms with Crippen molar-refractivity contribution in [3.63, 3.8) is 0 Å². The van der Waals surface area contributed by atoms with E-state index in [4.69, 9.17) is 4.74 Å². The summed E-state index contributed by atoms with van der Waals surface area (Å²) in [6.07, 6.45) is 2.01. The average molecular weight is 777 g/mol. The quantitative estimate of drug-likeness (QED) is 0.0933. The van der Waals surface area contributed by atoms with Gasteiger partial charge in [-0.3, -0.25) is 9.59 Å². The molecule has 1 aliphatic carbocycles. The summed E-state index contributed by atoms with van der Waals surface area (Å²) in [5, 5.41) is 25.4. The Hall–Kier alpha value is -7.00. The Labute approximate surface area is 321 Å². The van der Waals surface area contributed by atoms with Gasteiger partial charge in [0.05, 0.1) is 33.2 Å². The Bertz CT molecular complexity index is 2440. The van der Waals surface area contributed by atoms with Gasteiger partial charge in [-0.2, -0.15) is 0 Å². The highest BCUT2D eigenvalue weighted by molar-refractivity contribution is 7.90. The Kier molecular flexibility index (Phi) is 11.5. The number of aryl methyl sites for hydroxylation is 1. The lowest BCUT2D eigenvalue weighted by Gasteiger charge is -2.36. The highest BCUT2D eigenvalue weighted by atomic mass is 32.2. The van der Waals surface area contributed by atoms with Gasteiger partial charge in [-0.15, -0.1) is 0 Å². The van der Waals surface area contributed by atoms with Gasteiger partial charge in [-0.05, 0) is 96.6 Å². The number of ether oxygens (including phenoxy) is 1. The number of nitrogens with zero attached hydrogens (tertiary/aromatic N) is 1. The van der Waals surface area contributed by atoms with Gasteiger partial charge in [0.25, 0.3) is 21.8 Å². The molecule has 14 nitrogen and oxygen atoms in total. The first-order valence-corrected chi connectivity index (χ1v) is 18.8. The lowest BCUT2D eigenvalue weighted by Crippen LogP contribution is -2.37. The van der Waals surface area contributed by atoms with E-state index in [1.807, 2.05) is 42.5 Å². The number of hydrogen-bond acceptors (Lipinski definition) is 8. The molecule has 0 fully saturated rings. The normalized spacial score (nSPS) is 13.4. The zero-order valence-electron chi connectivity index (χ0n) is 29.9. The first-order valence-electron chi connectivity index (χ1n) is 17.4. The third-order valence-corrected chi connectivity index (χ3v) is 10.5. The van der Waals surface area contributed by atoms with Crippen LogP contribution in [0, 0.1) is 0 Å². The second-order valence-electron chi connectivity index (χ2n) is 12.8. The molecule has 56 heavy (non-hydrogen) atoms. The van der Waals surface area contributed by atoms with Crippen LogP contribution in [0.25, 0.3) is 0 Å². The van der Waals surface area contributed by atoms with E-state index in [0.717, 1.165) is 42.2 Å². The van der Waals surface area contributed by atoms with Crippen LogP contribution in [0.2, 0.25) is 0 Å². The van der Waals surface area contributed by atoms with Crippen LogP contribution in [-0.4, -0.2) is 60.4 Å². The maximum absolute atomic E-state index is 14.8. The number of benzene rings is 5. The minimum absolute atomic E-state index is 0.0246. The Morgan fingerprint density at radius 1 is 0.750 bits per heavy atom. The molecule has 5 N–H and O–H groups in total. The van der Waals surface area contributed by atoms with Crippen molar-refractivity contribution in [3.05, 3.63) is 154 Å². The van der Waals surface area contributed by atoms with Crippen LogP contribution in [0.5, 0.6) is 11.5 Å². The first kappa shape index (κ1) is 38.7. The zero-order chi connectivity index (χ0) is 40.0. The van der Waals surface area contributed by atoms with Gasteiger partial charge in [0.15, 0.2) is 0 Å². The smallest absolute Gasteiger partial charge is 0.336 e. The number of carboxylic acid groups (broad SMARTS) is 2. The number of carbonyl (C=O) groups excluding carboxylic acids is 3. The van der Waals surface area contributed by atoms with Crippen molar-refractivity contribution >= 4 is 45.5 Å². The summed E-state index contributed by atoms with van der Waals surface area (Å²) in [7, 11) is -3.24. The van der Waals surface area contributed by atoms with Crippen molar-refractivity contribution in [2.45, 2.75) is 36.7 Å². The molecule has 4 amide bonds. The predicted octanol–water partition coefficient (Wildman–Crippen LogP) is 6.47. The molecule has 0 aliphatic heterocycles. The summed E-state index contributed by atoms with van der Waals surface area (Å²) in [5.41, 5.74) is -0.0462. The van der Waals surface area contributed by atoms with Gasteiger partial charge >= 0.3 is 18.0 Å². The minimum atomic E-state index is -4.63. The summed E-state index contributed by atoms with van der Waals surface area (Å²) < 4.78 is 34.2. The maximum Gasteiger partial charge on any atom is 0.336 e. The van der Waals surface area contributed by atoms with Gasteiger partial charge in [0.2, 0.25) is 0 Å². The molecular formula is C41H36N4O10S. The van der Waals surface area contributed by atoms with Crippen molar-refractivity contribution in [1.29, 1.82) is 0 Å². The molecule has 15 heteroatoms. The molecule has 0 saturated carbocycles. The van der Waals surface area contributed by atoms with Gasteiger partial charge in [-0.25, -0.2) is 27.5 Å². The van der Waals surface area contributed by atoms with E-state index in [9.17, 15) is 42.6 Å². The van der Waals surface area contributed by atoms with Gasteiger partial charge < -0.3 is 30.5 Å². The molecule has 0 spiro atoms. The first-order chi connectivity index (χ1) is 26.8. The summed E-state index contributed by atoms with van der Waals surface area (Å²) in [6.45, 7) is -0.0246. The molecule has 5 aromatic carbocycles. The second-order valence-corrected chi connectivity index (χ2v) is 14.5. The monoisotopic (exact) mass is 776 g/mol. The highest BCUT2D eigenvalue weighted by Crippen LogP contribution is 2.37. The van der Waals surface area contributed by atoms with Crippen LogP contribution in [0.1, 0.15) is 77.0 Å². The summed E-state index contributed by atoms with van der Waals surface area (Å²) in [5.74, 6) is -4.52. The maximum atomic E-state index is 14.8. The summed E-state index contributed by atoms with van der Waals surface area (Å²) >= 11 is 0. The number of fused-ring (bicyclic) bond motifs is 1. The fraction of sp³-hybridized carbons (Fsp3) is 0.146. The molecular weight excluding hydrogens is 741 g/mol. The van der Waals surface area contributed by atoms with E-state index in [-0.39, 0.29) is 12.2 Å². The van der Waals surface area contributed by atoms with Crippen LogP contribution in [0.3, 0.4) is 0 Å². The number of carboxylic acids is 2. The Balaban J connectivity index is 1.37. The van der Waals surface area contributed by atoms with E-state index in [0.29, 0.717) is 29.5 Å². The highest BCUT2D eigenvalue weighted by Gasteiger charge is 2.34. The van der Waals surface area contributed by atoms with E-state index >= 15 is 0 Å². The Morgan fingerprint density at radius 3 is 2.09 bits per heavy atom. The molecule has 6 rings (SSSR count). The van der Waals surface area contributed by atoms with Crippen LogP contribution in [0.15, 0.2) is 120 Å². The molecule has 0 heterocycles. The molecule has 0 unspecified atom stereocenters. The standard InChI is InChI=1S/C41H36N4O10S/c1-42-41(52)43-27-17-19-30(20-18-27)56(53,54)44-37(46)32-22-35(40(50)51)33(23-34(32)39(48)49)38(47)45(36-16-8-11-26-10-5-6-15-31(26)36)24-25-9-7-14-29(21-25)55-28-12-3-2-4-13-28/h2-7,9-10,12-15,17-23,36H,8,11,16,24H2,1H3,(H,44,46)(H,48,49)(H,50,51)(H2,42,43,52)/t36-/m0/s1. The van der Waals surface area contributed by atoms with Crippen LogP contribution in [-0.2, 0) is 23.0 Å². The van der Waals surface area contributed by atoms with E-state index in [1.54, 1.807) is 41.1 Å². The number of para-hydroxylation sites is 1. The molecule has 0 aromatic heterocycles. The molecule has 1 aliphatic rings. The number of hydrogen-bond donors (Lipinski definition) is 5. The number of aromatic carboxylic acids is 2. The fourth-order valence-electron chi connectivity index (χ4n) is 6.52. The van der Waals surface area contributed by atoms with Crippen LogP contribution in [0.4, 0.5) is 10.5 Å². The van der Waals surface area contributed by atoms with Gasteiger partial charge in [-0.1, -0.05) is 54.6 Å². The largest absolute Gasteiger partial charge is 0.478 e. The molecule has 0 saturated heterocycles. The average Bonchev–Trinajstić information content (AvgIpc) is 3.19. The van der Waals surface area contributed by atoms with Crippen molar-refractivity contribution in [1.82, 2.24) is 14.9 Å². The van der Waals surface area contributed by atoms with E-state index < -0.39 is 73.0 Å². The molecule has 286 valence electrons. The van der Waals surface area contributed by atoms with E-state index in [1.165, 1.54) is 24.1 Å². The third-order valence-electron chi connectivity index (χ3n) is 9.18. The Morgan fingerprint density at radius 2 is 1.39 bits per heavy atom. The number of carbonyl (C=O) groups is 5. The van der Waals surface area contributed by atoms with Gasteiger partial charge in [0, 0.05) is 19.3 Å². The van der Waals surface area contributed by atoms with Gasteiger partial charge in [0.1, 0.15) is 11.5 Å². The van der Waals surface area contributed by atoms with Crippen LogP contribution < -0.4 is 20.1 Å². The number of rotatable bonds is 12. The number of anilines is 1. The fourth-order valence-corrected chi connectivity index (χ4v) is 7.49. The van der Waals surface area contributed by atoms with E-state index in [2.05, 4.69) is 10.6 Å². The number of amides is 4. The number of sulfonamides is 1. The predicted molar refractivity (Wildman–Crippen MR) is 204 cm³/mol. The zero-order valence-corrected chi connectivity index (χ0v) is 30.7. The molecule has 5 aromatic rings. The lowest BCUT2D eigenvalue weighted by atomic mass is 9.86. The number of nitrogens with one attached hydrogen (secondary N) is 3. The summed E-state index contributed by atoms with van der Waals surface area (Å²) in [4.78, 5) is 66.3.